The van der Waals surface area contributed by atoms with Gasteiger partial charge < -0.3 is 15.0 Å². The van der Waals surface area contributed by atoms with Gasteiger partial charge in [0.15, 0.2) is 0 Å². The minimum Gasteiger partial charge on any atom is -0.388 e. The predicted molar refractivity (Wildman–Crippen MR) is 124 cm³/mol. The second kappa shape index (κ2) is 9.06. The van der Waals surface area contributed by atoms with Crippen LogP contribution in [0.1, 0.15) is 56.0 Å². The molecule has 0 saturated heterocycles. The summed E-state index contributed by atoms with van der Waals surface area (Å²) in [6.07, 6.45) is -0.0875. The van der Waals surface area contributed by atoms with Gasteiger partial charge in [-0.2, -0.15) is 0 Å². The van der Waals surface area contributed by atoms with Gasteiger partial charge >= 0.3 is 0 Å². The van der Waals surface area contributed by atoms with Crippen molar-refractivity contribution in [2.45, 2.75) is 57.0 Å². The highest BCUT2D eigenvalue weighted by Crippen LogP contribution is 2.54. The molecule has 5 nitrogen and oxygen atoms in total. The Morgan fingerprint density at radius 3 is 2.71 bits per heavy atom. The fourth-order valence-electron chi connectivity index (χ4n) is 5.28. The van der Waals surface area contributed by atoms with Gasteiger partial charge in [-0.15, -0.1) is 0 Å². The molecule has 0 saturated carbocycles. The van der Waals surface area contributed by atoms with E-state index in [0.29, 0.717) is 19.4 Å². The topological polar surface area (TPSA) is 69.2 Å². The Hall–Kier alpha value is -2.87. The minimum atomic E-state index is -3.43. The van der Waals surface area contributed by atoms with Crippen molar-refractivity contribution in [3.8, 4) is 0 Å². The molecule has 0 fully saturated rings. The second-order valence-corrected chi connectivity index (χ2v) is 9.73. The van der Waals surface area contributed by atoms with Crippen molar-refractivity contribution in [2.24, 2.45) is 5.92 Å². The number of amides is 1. The van der Waals surface area contributed by atoms with Crippen LogP contribution < -0.4 is 0 Å². The first-order valence-electron chi connectivity index (χ1n) is 11.6. The van der Waals surface area contributed by atoms with Crippen molar-refractivity contribution in [3.05, 3.63) is 65.2 Å². The number of hydrogen-bond donors (Lipinski definition) is 2. The molecule has 2 aromatic carbocycles. The van der Waals surface area contributed by atoms with Gasteiger partial charge in [0.25, 0.3) is 5.92 Å². The number of aromatic amines is 1. The number of carbonyl (C=O) groups is 1. The van der Waals surface area contributed by atoms with Gasteiger partial charge in [0.05, 0.1) is 23.1 Å². The quantitative estimate of drug-likeness (QED) is 0.499. The van der Waals surface area contributed by atoms with E-state index in [1.807, 2.05) is 38.1 Å². The Bertz CT molecular complexity index is 1160. The van der Waals surface area contributed by atoms with Crippen LogP contribution >= 0.6 is 0 Å². The van der Waals surface area contributed by atoms with Crippen LogP contribution in [0.3, 0.4) is 0 Å². The zero-order valence-electron chi connectivity index (χ0n) is 19.6. The van der Waals surface area contributed by atoms with E-state index in [-0.39, 0.29) is 11.5 Å². The average molecular weight is 474 g/mol. The number of benzene rings is 2. The summed E-state index contributed by atoms with van der Waals surface area (Å²) in [5.74, 6) is -4.70. The maximum atomic E-state index is 15.0. The van der Waals surface area contributed by atoms with Crippen molar-refractivity contribution in [1.82, 2.24) is 14.9 Å². The Morgan fingerprint density at radius 1 is 1.26 bits per heavy atom. The number of nitrogens with one attached hydrogen (secondary N) is 1. The van der Waals surface area contributed by atoms with Gasteiger partial charge in [-0.25, -0.2) is 18.2 Å². The van der Waals surface area contributed by atoms with Crippen LogP contribution in [0.4, 0.5) is 13.2 Å². The van der Waals surface area contributed by atoms with Gasteiger partial charge in [-0.3, -0.25) is 4.79 Å². The SMILES string of the molecule is CC(C)[C@H]1c2ccc(F)cc2C(F)(F)C[C@@]1(O)CC(=O)N(C)CCCc1nc2ccccc2[nH]1. The molecule has 0 bridgehead atoms. The molecule has 3 aromatic rings. The average Bonchev–Trinajstić information content (AvgIpc) is 3.16. The lowest BCUT2D eigenvalue weighted by atomic mass is 9.64. The number of para-hydroxylation sites is 2. The third-order valence-electron chi connectivity index (χ3n) is 6.75. The molecular weight excluding hydrogens is 443 g/mol. The number of halogens is 3. The molecule has 1 heterocycles. The highest BCUT2D eigenvalue weighted by atomic mass is 19.3. The number of fused-ring (bicyclic) bond motifs is 2. The van der Waals surface area contributed by atoms with Gasteiger partial charge in [-0.05, 0) is 42.2 Å². The number of alkyl halides is 2. The summed E-state index contributed by atoms with van der Waals surface area (Å²) in [7, 11) is 1.61. The smallest absolute Gasteiger partial charge is 0.276 e. The van der Waals surface area contributed by atoms with E-state index in [0.717, 1.165) is 29.0 Å². The molecular formula is C26H30F3N3O2. The van der Waals surface area contributed by atoms with Gasteiger partial charge in [0.2, 0.25) is 5.91 Å². The van der Waals surface area contributed by atoms with Crippen molar-refractivity contribution < 1.29 is 23.1 Å². The van der Waals surface area contributed by atoms with Crippen LogP contribution in [-0.2, 0) is 17.1 Å². The molecule has 0 unspecified atom stereocenters. The van der Waals surface area contributed by atoms with Crippen molar-refractivity contribution in [3.63, 3.8) is 0 Å². The van der Waals surface area contributed by atoms with E-state index in [1.54, 1.807) is 7.05 Å². The fraction of sp³-hybridized carbons (Fsp3) is 0.462. The number of aryl methyl sites for hydroxylation is 1. The number of rotatable bonds is 7. The maximum absolute atomic E-state index is 15.0. The maximum Gasteiger partial charge on any atom is 0.276 e. The first kappa shape index (κ1) is 24.3. The summed E-state index contributed by atoms with van der Waals surface area (Å²) < 4.78 is 43.7. The van der Waals surface area contributed by atoms with Gasteiger partial charge in [0, 0.05) is 37.9 Å². The molecule has 34 heavy (non-hydrogen) atoms. The molecule has 1 aromatic heterocycles. The third kappa shape index (κ3) is 4.69. The standard InChI is InChI=1S/C26H30F3N3O2/c1-16(2)24-18-11-10-17(27)13-19(18)26(28,29)15-25(24,34)14-23(33)32(3)12-6-9-22-30-20-7-4-5-8-21(20)31-22/h4-5,7-8,10-11,13,16,24,34H,6,9,12,14-15H2,1-3H3,(H,30,31)/t24-,25-/m0/s1. The molecule has 2 N–H and O–H groups in total. The highest BCUT2D eigenvalue weighted by molar-refractivity contribution is 5.77. The summed E-state index contributed by atoms with van der Waals surface area (Å²) in [6, 6.07) is 11.0. The molecule has 1 amide bonds. The van der Waals surface area contributed by atoms with Gasteiger partial charge in [0.1, 0.15) is 11.6 Å². The first-order chi connectivity index (χ1) is 16.0. The van der Waals surface area contributed by atoms with E-state index in [1.165, 1.54) is 11.0 Å². The summed E-state index contributed by atoms with van der Waals surface area (Å²) in [4.78, 5) is 22.2. The number of aliphatic hydroxyl groups is 1. The third-order valence-corrected chi connectivity index (χ3v) is 6.75. The van der Waals surface area contributed by atoms with Crippen LogP contribution in [0.2, 0.25) is 0 Å². The van der Waals surface area contributed by atoms with E-state index < -0.39 is 47.6 Å². The van der Waals surface area contributed by atoms with Gasteiger partial charge in [-0.1, -0.05) is 32.0 Å². The number of hydrogen-bond acceptors (Lipinski definition) is 3. The van der Waals surface area contributed by atoms with Crippen LogP contribution in [0, 0.1) is 11.7 Å². The Kier molecular flexibility index (Phi) is 6.46. The predicted octanol–water partition coefficient (Wildman–Crippen LogP) is 5.15. The number of carbonyl (C=O) groups excluding carboxylic acids is 1. The van der Waals surface area contributed by atoms with Crippen molar-refractivity contribution >= 4 is 16.9 Å². The summed E-state index contributed by atoms with van der Waals surface area (Å²) in [5.41, 5.74) is -0.311. The zero-order valence-corrected chi connectivity index (χ0v) is 19.6. The van der Waals surface area contributed by atoms with Crippen molar-refractivity contribution in [1.29, 1.82) is 0 Å². The molecule has 1 aliphatic carbocycles. The molecule has 182 valence electrons. The minimum absolute atomic E-state index is 0.204. The van der Waals surface area contributed by atoms with E-state index in [4.69, 9.17) is 0 Å². The Morgan fingerprint density at radius 2 is 2.00 bits per heavy atom. The second-order valence-electron chi connectivity index (χ2n) is 9.73. The number of nitrogens with zero attached hydrogens (tertiary/aromatic N) is 2. The molecule has 4 rings (SSSR count). The number of H-pyrrole nitrogens is 1. The molecule has 8 heteroatoms. The largest absolute Gasteiger partial charge is 0.388 e. The lowest BCUT2D eigenvalue weighted by molar-refractivity contribution is -0.151. The Labute approximate surface area is 197 Å². The van der Waals surface area contributed by atoms with Crippen molar-refractivity contribution in [2.75, 3.05) is 13.6 Å². The molecule has 1 aliphatic rings. The number of imidazole rings is 1. The molecule has 0 aliphatic heterocycles. The normalized spacial score (nSPS) is 21.6. The fourth-order valence-corrected chi connectivity index (χ4v) is 5.28. The molecule has 2 atom stereocenters. The lowest BCUT2D eigenvalue weighted by Crippen LogP contribution is -2.50. The Balaban J connectivity index is 1.45. The molecule has 0 radical (unpaired) electrons. The lowest BCUT2D eigenvalue weighted by Gasteiger charge is -2.46. The van der Waals surface area contributed by atoms with Crippen LogP contribution in [-0.4, -0.2) is 45.1 Å². The zero-order chi connectivity index (χ0) is 24.7. The number of aromatic nitrogens is 2. The first-order valence-corrected chi connectivity index (χ1v) is 11.6. The highest BCUT2D eigenvalue weighted by Gasteiger charge is 2.55. The van der Waals surface area contributed by atoms with E-state index >= 15 is 0 Å². The molecule has 0 spiro atoms. The van der Waals surface area contributed by atoms with Crippen LogP contribution in [0.15, 0.2) is 42.5 Å². The summed E-state index contributed by atoms with van der Waals surface area (Å²) >= 11 is 0. The summed E-state index contributed by atoms with van der Waals surface area (Å²) in [5, 5.41) is 11.4. The monoisotopic (exact) mass is 473 g/mol. The van der Waals surface area contributed by atoms with Crippen LogP contribution in [0.5, 0.6) is 0 Å². The van der Waals surface area contributed by atoms with E-state index in [9.17, 15) is 23.1 Å². The summed E-state index contributed by atoms with van der Waals surface area (Å²) in [6.45, 7) is 4.03. The van der Waals surface area contributed by atoms with Crippen LogP contribution in [0.25, 0.3) is 11.0 Å². The van der Waals surface area contributed by atoms with E-state index in [2.05, 4.69) is 9.97 Å².